The lowest BCUT2D eigenvalue weighted by Gasteiger charge is -2.20. The Hall–Kier alpha value is -2.82. The predicted octanol–water partition coefficient (Wildman–Crippen LogP) is 5.32. The number of imidazole rings is 1. The highest BCUT2D eigenvalue weighted by atomic mass is 16.5. The Morgan fingerprint density at radius 2 is 1.90 bits per heavy atom. The molecule has 1 aromatic heterocycles. The van der Waals surface area contributed by atoms with Crippen molar-refractivity contribution in [2.45, 2.75) is 65.5 Å². The summed E-state index contributed by atoms with van der Waals surface area (Å²) in [4.78, 5) is 17.4. The number of carbonyl (C=O) groups is 1. The number of rotatable bonds is 8. The Bertz CT molecular complexity index is 1030. The normalized spacial score (nSPS) is 14.6. The number of amides is 1. The number of hydrogen-bond acceptors (Lipinski definition) is 3. The minimum atomic E-state index is 0.164. The van der Waals surface area contributed by atoms with Crippen LogP contribution in [0.15, 0.2) is 42.5 Å². The maximum absolute atomic E-state index is 12.6. The summed E-state index contributed by atoms with van der Waals surface area (Å²) in [7, 11) is 0. The number of benzene rings is 2. The molecule has 0 aliphatic heterocycles. The maximum atomic E-state index is 12.6. The van der Waals surface area contributed by atoms with Gasteiger partial charge in [0.2, 0.25) is 5.91 Å². The highest BCUT2D eigenvalue weighted by Gasteiger charge is 2.21. The molecule has 1 heterocycles. The molecule has 4 rings (SSSR count). The summed E-state index contributed by atoms with van der Waals surface area (Å²) in [6.07, 6.45) is 6.48. The van der Waals surface area contributed by atoms with Crippen molar-refractivity contribution < 1.29 is 9.53 Å². The van der Waals surface area contributed by atoms with Crippen molar-refractivity contribution in [3.05, 3.63) is 59.4 Å². The third-order valence-corrected chi connectivity index (χ3v) is 6.47. The number of nitrogens with one attached hydrogen (secondary N) is 1. The molecule has 164 valence electrons. The first-order chi connectivity index (χ1) is 15.1. The van der Waals surface area contributed by atoms with E-state index in [0.29, 0.717) is 13.2 Å². The molecular formula is C26H33N3O2. The fourth-order valence-corrected chi connectivity index (χ4v) is 4.47. The predicted molar refractivity (Wildman–Crippen MR) is 124 cm³/mol. The average Bonchev–Trinajstić information content (AvgIpc) is 3.15. The minimum Gasteiger partial charge on any atom is -0.493 e. The monoisotopic (exact) mass is 419 g/mol. The van der Waals surface area contributed by atoms with Crippen LogP contribution in [0.5, 0.6) is 5.75 Å². The summed E-state index contributed by atoms with van der Waals surface area (Å²) in [6, 6.07) is 14.3. The lowest BCUT2D eigenvalue weighted by molar-refractivity contribution is -0.126. The summed E-state index contributed by atoms with van der Waals surface area (Å²) in [5.41, 5.74) is 4.52. The van der Waals surface area contributed by atoms with Crippen LogP contribution in [0.2, 0.25) is 0 Å². The van der Waals surface area contributed by atoms with Crippen LogP contribution in [0.4, 0.5) is 0 Å². The van der Waals surface area contributed by atoms with Gasteiger partial charge in [-0.05, 0) is 62.4 Å². The van der Waals surface area contributed by atoms with Gasteiger partial charge in [-0.25, -0.2) is 4.98 Å². The number of nitrogens with zero attached hydrogens (tertiary/aromatic N) is 2. The molecule has 2 aromatic carbocycles. The van der Waals surface area contributed by atoms with Crippen LogP contribution >= 0.6 is 0 Å². The van der Waals surface area contributed by atoms with Crippen LogP contribution < -0.4 is 10.1 Å². The van der Waals surface area contributed by atoms with Crippen LogP contribution in [0.3, 0.4) is 0 Å². The van der Waals surface area contributed by atoms with E-state index in [4.69, 9.17) is 9.72 Å². The average molecular weight is 420 g/mol. The second-order valence-electron chi connectivity index (χ2n) is 8.62. The molecule has 5 heteroatoms. The van der Waals surface area contributed by atoms with E-state index < -0.39 is 0 Å². The Kier molecular flexibility index (Phi) is 6.90. The fourth-order valence-electron chi connectivity index (χ4n) is 4.47. The number of carbonyl (C=O) groups excluding carboxylic acids is 1. The Morgan fingerprint density at radius 1 is 1.10 bits per heavy atom. The van der Waals surface area contributed by atoms with Gasteiger partial charge in [0, 0.05) is 12.5 Å². The van der Waals surface area contributed by atoms with Gasteiger partial charge in [0.05, 0.1) is 24.2 Å². The number of fused-ring (bicyclic) bond motifs is 1. The van der Waals surface area contributed by atoms with Crippen LogP contribution in [0.1, 0.15) is 55.5 Å². The fraction of sp³-hybridized carbons (Fsp3) is 0.462. The van der Waals surface area contributed by atoms with Crippen molar-refractivity contribution in [3.8, 4) is 5.75 Å². The number of hydrogen-bond donors (Lipinski definition) is 1. The molecule has 1 fully saturated rings. The molecule has 0 atom stereocenters. The molecule has 1 aliphatic carbocycles. The van der Waals surface area contributed by atoms with Crippen molar-refractivity contribution in [3.63, 3.8) is 0 Å². The van der Waals surface area contributed by atoms with Gasteiger partial charge >= 0.3 is 0 Å². The zero-order valence-corrected chi connectivity index (χ0v) is 18.7. The van der Waals surface area contributed by atoms with Crippen LogP contribution in [-0.2, 0) is 17.9 Å². The first-order valence-electron chi connectivity index (χ1n) is 11.5. The Morgan fingerprint density at radius 3 is 2.74 bits per heavy atom. The van der Waals surface area contributed by atoms with E-state index in [1.165, 1.54) is 17.5 Å². The molecule has 1 aliphatic rings. The number of aromatic nitrogens is 2. The van der Waals surface area contributed by atoms with E-state index >= 15 is 0 Å². The lowest BCUT2D eigenvalue weighted by atomic mass is 9.89. The summed E-state index contributed by atoms with van der Waals surface area (Å²) in [6.45, 7) is 6.13. The maximum Gasteiger partial charge on any atom is 0.223 e. The van der Waals surface area contributed by atoms with E-state index in [1.54, 1.807) is 0 Å². The molecule has 0 unspecified atom stereocenters. The summed E-state index contributed by atoms with van der Waals surface area (Å²) >= 11 is 0. The van der Waals surface area contributed by atoms with Gasteiger partial charge in [-0.1, -0.05) is 43.5 Å². The first kappa shape index (κ1) is 21.4. The molecule has 0 saturated heterocycles. The first-order valence-corrected chi connectivity index (χ1v) is 11.5. The van der Waals surface area contributed by atoms with Gasteiger partial charge in [0.15, 0.2) is 0 Å². The largest absolute Gasteiger partial charge is 0.493 e. The van der Waals surface area contributed by atoms with Gasteiger partial charge in [0.1, 0.15) is 11.6 Å². The minimum absolute atomic E-state index is 0.164. The van der Waals surface area contributed by atoms with Crippen molar-refractivity contribution in [1.82, 2.24) is 14.9 Å². The van der Waals surface area contributed by atoms with Crippen molar-refractivity contribution >= 4 is 16.9 Å². The van der Waals surface area contributed by atoms with Gasteiger partial charge in [-0.2, -0.15) is 0 Å². The van der Waals surface area contributed by atoms with E-state index in [9.17, 15) is 4.79 Å². The van der Waals surface area contributed by atoms with E-state index in [-0.39, 0.29) is 11.8 Å². The van der Waals surface area contributed by atoms with Crippen LogP contribution in [-0.4, -0.2) is 22.1 Å². The number of para-hydroxylation sites is 2. The SMILES string of the molecule is Cc1cccc(OCCCn2c(CNC(=O)C3CCCCC3)nc3ccccc32)c1C. The molecule has 1 amide bonds. The smallest absolute Gasteiger partial charge is 0.223 e. The van der Waals surface area contributed by atoms with Crippen LogP contribution in [0, 0.1) is 19.8 Å². The topological polar surface area (TPSA) is 56.1 Å². The lowest BCUT2D eigenvalue weighted by Crippen LogP contribution is -2.32. The van der Waals surface area contributed by atoms with Gasteiger partial charge in [0.25, 0.3) is 0 Å². The number of ether oxygens (including phenoxy) is 1. The number of aryl methyl sites for hydroxylation is 2. The molecule has 3 aromatic rings. The molecule has 0 bridgehead atoms. The Labute approximate surface area is 184 Å². The molecule has 0 radical (unpaired) electrons. The standard InChI is InChI=1S/C26H33N3O2/c1-19-10-8-15-24(20(19)2)31-17-9-16-29-23-14-7-6-13-22(23)28-25(29)18-27-26(30)21-11-4-3-5-12-21/h6-8,10,13-15,21H,3-5,9,11-12,16-18H2,1-2H3,(H,27,30). The zero-order chi connectivity index (χ0) is 21.6. The van der Waals surface area contributed by atoms with Crippen molar-refractivity contribution in [1.29, 1.82) is 0 Å². The molecule has 1 saturated carbocycles. The zero-order valence-electron chi connectivity index (χ0n) is 18.7. The highest BCUT2D eigenvalue weighted by Crippen LogP contribution is 2.24. The quantitative estimate of drug-likeness (QED) is 0.503. The molecule has 31 heavy (non-hydrogen) atoms. The van der Waals surface area contributed by atoms with Gasteiger partial charge in [-0.15, -0.1) is 0 Å². The third-order valence-electron chi connectivity index (χ3n) is 6.47. The summed E-state index contributed by atoms with van der Waals surface area (Å²) in [5.74, 6) is 2.21. The van der Waals surface area contributed by atoms with Crippen LogP contribution in [0.25, 0.3) is 11.0 Å². The van der Waals surface area contributed by atoms with Crippen molar-refractivity contribution in [2.75, 3.05) is 6.61 Å². The molecule has 0 spiro atoms. The highest BCUT2D eigenvalue weighted by molar-refractivity contribution is 5.79. The summed E-state index contributed by atoms with van der Waals surface area (Å²) in [5, 5.41) is 3.15. The molecule has 5 nitrogen and oxygen atoms in total. The molecular weight excluding hydrogens is 386 g/mol. The third kappa shape index (κ3) is 5.09. The molecule has 1 N–H and O–H groups in total. The summed E-state index contributed by atoms with van der Waals surface area (Å²) < 4.78 is 8.27. The van der Waals surface area contributed by atoms with E-state index in [0.717, 1.165) is 61.3 Å². The second kappa shape index (κ2) is 9.99. The van der Waals surface area contributed by atoms with Gasteiger partial charge in [-0.3, -0.25) is 4.79 Å². The van der Waals surface area contributed by atoms with E-state index in [2.05, 4.69) is 35.9 Å². The van der Waals surface area contributed by atoms with E-state index in [1.807, 2.05) is 30.3 Å². The van der Waals surface area contributed by atoms with Gasteiger partial charge < -0.3 is 14.6 Å². The van der Waals surface area contributed by atoms with Crippen molar-refractivity contribution in [2.24, 2.45) is 5.92 Å². The second-order valence-corrected chi connectivity index (χ2v) is 8.62. The Balaban J connectivity index is 1.40.